The molecular weight excluding hydrogens is 254 g/mol. The minimum absolute atomic E-state index is 0.945. The van der Waals surface area contributed by atoms with Crippen molar-refractivity contribution in [2.75, 3.05) is 0 Å². The smallest absolute Gasteiger partial charge is 0.0472 e. The molecule has 1 heterocycles. The van der Waals surface area contributed by atoms with Crippen molar-refractivity contribution >= 4 is 0 Å². The van der Waals surface area contributed by atoms with Crippen molar-refractivity contribution in [1.82, 2.24) is 4.57 Å². The number of hydrogen-bond donors (Lipinski definition) is 0. The van der Waals surface area contributed by atoms with E-state index in [1.807, 2.05) is 0 Å². The predicted molar refractivity (Wildman–Crippen MR) is 88.7 cm³/mol. The summed E-state index contributed by atoms with van der Waals surface area (Å²) in [7, 11) is 0. The summed E-state index contributed by atoms with van der Waals surface area (Å²) < 4.78 is 2.27. The summed E-state index contributed by atoms with van der Waals surface area (Å²) in [5.74, 6) is 0. The Morgan fingerprint density at radius 2 is 1.38 bits per heavy atom. The monoisotopic (exact) mass is 275 g/mol. The topological polar surface area (TPSA) is 4.93 Å². The second-order valence-electron chi connectivity index (χ2n) is 5.72. The first-order valence-electron chi connectivity index (χ1n) is 7.46. The number of aromatic nitrogens is 1. The van der Waals surface area contributed by atoms with Crippen molar-refractivity contribution < 1.29 is 0 Å². The van der Waals surface area contributed by atoms with Crippen molar-refractivity contribution in [3.8, 4) is 0 Å². The Morgan fingerprint density at radius 3 is 2.05 bits per heavy atom. The molecule has 1 aromatic heterocycles. The lowest BCUT2D eigenvalue weighted by Crippen LogP contribution is -1.98. The van der Waals surface area contributed by atoms with E-state index in [0.717, 1.165) is 13.0 Å². The fourth-order valence-corrected chi connectivity index (χ4v) is 2.71. The van der Waals surface area contributed by atoms with Gasteiger partial charge in [0, 0.05) is 18.9 Å². The number of rotatable bonds is 4. The van der Waals surface area contributed by atoms with Gasteiger partial charge in [0.05, 0.1) is 0 Å². The van der Waals surface area contributed by atoms with E-state index in [2.05, 4.69) is 85.4 Å². The summed E-state index contributed by atoms with van der Waals surface area (Å²) in [4.78, 5) is 0. The van der Waals surface area contributed by atoms with Crippen molar-refractivity contribution in [3.63, 3.8) is 0 Å². The first kappa shape index (κ1) is 13.7. The third-order valence-corrected chi connectivity index (χ3v) is 4.08. The average Bonchev–Trinajstić information content (AvgIpc) is 2.91. The lowest BCUT2D eigenvalue weighted by Gasteiger charge is -2.07. The van der Waals surface area contributed by atoms with E-state index in [0.29, 0.717) is 0 Å². The molecule has 0 unspecified atom stereocenters. The van der Waals surface area contributed by atoms with Crippen LogP contribution in [0.25, 0.3) is 0 Å². The van der Waals surface area contributed by atoms with Gasteiger partial charge in [0.2, 0.25) is 0 Å². The Labute approximate surface area is 126 Å². The summed E-state index contributed by atoms with van der Waals surface area (Å²) in [5, 5.41) is 0. The van der Waals surface area contributed by atoms with Gasteiger partial charge in [-0.25, -0.2) is 0 Å². The van der Waals surface area contributed by atoms with Crippen molar-refractivity contribution in [2.45, 2.75) is 26.8 Å². The summed E-state index contributed by atoms with van der Waals surface area (Å²) in [5.41, 5.74) is 6.88. The van der Waals surface area contributed by atoms with E-state index in [-0.39, 0.29) is 0 Å². The van der Waals surface area contributed by atoms with Gasteiger partial charge in [0.15, 0.2) is 0 Å². The Balaban J connectivity index is 1.75. The van der Waals surface area contributed by atoms with Crippen LogP contribution in [0.4, 0.5) is 0 Å². The second kappa shape index (κ2) is 6.01. The van der Waals surface area contributed by atoms with Crippen LogP contribution in [0, 0.1) is 13.8 Å². The van der Waals surface area contributed by atoms with E-state index in [9.17, 15) is 0 Å². The van der Waals surface area contributed by atoms with Crippen LogP contribution in [0.2, 0.25) is 0 Å². The number of nitrogens with zero attached hydrogens (tertiary/aromatic N) is 1. The molecule has 0 saturated heterocycles. The number of hydrogen-bond acceptors (Lipinski definition) is 0. The Hall–Kier alpha value is -2.28. The highest BCUT2D eigenvalue weighted by Gasteiger charge is 2.03. The summed E-state index contributed by atoms with van der Waals surface area (Å²) in [6.07, 6.45) is 5.45. The van der Waals surface area contributed by atoms with Crippen molar-refractivity contribution in [3.05, 3.63) is 94.8 Å². The molecule has 0 N–H and O–H groups in total. The van der Waals surface area contributed by atoms with Crippen LogP contribution >= 0.6 is 0 Å². The molecule has 106 valence electrons. The van der Waals surface area contributed by atoms with E-state index < -0.39 is 0 Å². The lowest BCUT2D eigenvalue weighted by molar-refractivity contribution is 0.797. The highest BCUT2D eigenvalue weighted by atomic mass is 14.9. The normalized spacial score (nSPS) is 10.8. The van der Waals surface area contributed by atoms with E-state index in [4.69, 9.17) is 0 Å². The van der Waals surface area contributed by atoms with Gasteiger partial charge >= 0.3 is 0 Å². The third kappa shape index (κ3) is 3.25. The Morgan fingerprint density at radius 1 is 0.762 bits per heavy atom. The van der Waals surface area contributed by atoms with Gasteiger partial charge in [-0.15, -0.1) is 0 Å². The number of aryl methyl sites for hydroxylation is 2. The molecule has 0 aliphatic heterocycles. The standard InChI is InChI=1S/C20H21N/c1-16-7-3-5-9-19(16)13-18-11-12-21(14-18)15-20-10-6-4-8-17(20)2/h3-12,14H,13,15H2,1-2H3. The van der Waals surface area contributed by atoms with Crippen LogP contribution in [0.3, 0.4) is 0 Å². The maximum Gasteiger partial charge on any atom is 0.0472 e. The molecule has 0 aliphatic carbocycles. The highest BCUT2D eigenvalue weighted by Crippen LogP contribution is 2.15. The SMILES string of the molecule is Cc1ccccc1Cc1ccn(Cc2ccccc2C)c1. The van der Waals surface area contributed by atoms with Crippen LogP contribution in [0.15, 0.2) is 67.0 Å². The zero-order valence-corrected chi connectivity index (χ0v) is 12.7. The van der Waals surface area contributed by atoms with Gasteiger partial charge in [-0.1, -0.05) is 48.5 Å². The molecule has 0 bridgehead atoms. The zero-order chi connectivity index (χ0) is 14.7. The lowest BCUT2D eigenvalue weighted by atomic mass is 10.0. The van der Waals surface area contributed by atoms with Gasteiger partial charge < -0.3 is 4.57 Å². The predicted octanol–water partition coefficient (Wildman–Crippen LogP) is 4.74. The second-order valence-corrected chi connectivity index (χ2v) is 5.72. The van der Waals surface area contributed by atoms with Crippen LogP contribution in [-0.2, 0) is 13.0 Å². The van der Waals surface area contributed by atoms with E-state index in [1.165, 1.54) is 27.8 Å². The maximum absolute atomic E-state index is 2.27. The molecule has 0 spiro atoms. The number of benzene rings is 2. The van der Waals surface area contributed by atoms with Gasteiger partial charge in [-0.3, -0.25) is 0 Å². The van der Waals surface area contributed by atoms with E-state index in [1.54, 1.807) is 0 Å². The molecule has 0 amide bonds. The maximum atomic E-state index is 2.27. The Kier molecular flexibility index (Phi) is 3.92. The Bertz CT molecular complexity index is 675. The fraction of sp³-hybridized carbons (Fsp3) is 0.200. The van der Waals surface area contributed by atoms with Gasteiger partial charge in [-0.05, 0) is 54.2 Å². The largest absolute Gasteiger partial charge is 0.350 e. The molecule has 0 saturated carbocycles. The molecule has 0 aliphatic rings. The molecule has 2 aromatic carbocycles. The third-order valence-electron chi connectivity index (χ3n) is 4.08. The van der Waals surface area contributed by atoms with Crippen LogP contribution in [0.1, 0.15) is 27.8 Å². The minimum Gasteiger partial charge on any atom is -0.350 e. The molecule has 3 rings (SSSR count). The van der Waals surface area contributed by atoms with E-state index >= 15 is 0 Å². The van der Waals surface area contributed by atoms with Gasteiger partial charge in [0.25, 0.3) is 0 Å². The fourth-order valence-electron chi connectivity index (χ4n) is 2.71. The molecule has 3 aromatic rings. The average molecular weight is 275 g/mol. The summed E-state index contributed by atoms with van der Waals surface area (Å²) in [6, 6.07) is 19.4. The first-order chi connectivity index (χ1) is 10.2. The summed E-state index contributed by atoms with van der Waals surface area (Å²) in [6.45, 7) is 5.30. The van der Waals surface area contributed by atoms with Gasteiger partial charge in [0.1, 0.15) is 0 Å². The molecule has 1 heteroatoms. The highest BCUT2D eigenvalue weighted by molar-refractivity contribution is 5.32. The molecule has 21 heavy (non-hydrogen) atoms. The molecule has 1 nitrogen and oxygen atoms in total. The summed E-state index contributed by atoms with van der Waals surface area (Å²) >= 11 is 0. The minimum atomic E-state index is 0.945. The molecule has 0 fully saturated rings. The van der Waals surface area contributed by atoms with Crippen LogP contribution < -0.4 is 0 Å². The van der Waals surface area contributed by atoms with Crippen molar-refractivity contribution in [1.29, 1.82) is 0 Å². The van der Waals surface area contributed by atoms with Crippen LogP contribution in [-0.4, -0.2) is 4.57 Å². The molecular formula is C20H21N. The molecule has 0 atom stereocenters. The van der Waals surface area contributed by atoms with Crippen LogP contribution in [0.5, 0.6) is 0 Å². The molecule has 0 radical (unpaired) electrons. The van der Waals surface area contributed by atoms with Gasteiger partial charge in [-0.2, -0.15) is 0 Å². The first-order valence-corrected chi connectivity index (χ1v) is 7.46. The zero-order valence-electron chi connectivity index (χ0n) is 12.7. The van der Waals surface area contributed by atoms with Crippen molar-refractivity contribution in [2.24, 2.45) is 0 Å². The quantitative estimate of drug-likeness (QED) is 0.648.